The highest BCUT2D eigenvalue weighted by atomic mass is 35.5. The molecular formula is C21H14Cl2F2N4O3. The van der Waals surface area contributed by atoms with Gasteiger partial charge in [-0.1, -0.05) is 29.3 Å². The van der Waals surface area contributed by atoms with Gasteiger partial charge < -0.3 is 9.15 Å². The minimum atomic E-state index is -0.836. The highest BCUT2D eigenvalue weighted by Crippen LogP contribution is 2.23. The Kier molecular flexibility index (Phi) is 6.38. The van der Waals surface area contributed by atoms with E-state index < -0.39 is 17.5 Å². The summed E-state index contributed by atoms with van der Waals surface area (Å²) in [5.74, 6) is -1.91. The highest BCUT2D eigenvalue weighted by molar-refractivity contribution is 6.42. The third kappa shape index (κ3) is 5.24. The molecule has 0 radical (unpaired) electrons. The Morgan fingerprint density at radius 3 is 2.72 bits per heavy atom. The fraction of sp³-hybridized carbons (Fsp3) is 0.0952. The van der Waals surface area contributed by atoms with E-state index in [1.807, 2.05) is 0 Å². The second-order valence-corrected chi connectivity index (χ2v) is 7.41. The quantitative estimate of drug-likeness (QED) is 0.387. The average Bonchev–Trinajstić information content (AvgIpc) is 3.40. The van der Waals surface area contributed by atoms with Crippen molar-refractivity contribution < 1.29 is 22.7 Å². The van der Waals surface area contributed by atoms with E-state index in [0.29, 0.717) is 22.7 Å². The first kappa shape index (κ1) is 21.8. The number of anilines is 1. The zero-order valence-corrected chi connectivity index (χ0v) is 17.7. The molecule has 32 heavy (non-hydrogen) atoms. The lowest BCUT2D eigenvalue weighted by atomic mass is 10.2. The lowest BCUT2D eigenvalue weighted by molar-refractivity contribution is 0.0991. The number of hydrogen-bond acceptors (Lipinski definition) is 5. The standard InChI is InChI=1S/C21H14Cl2F2N4O3/c22-15-4-1-12(7-16(15)23)9-29-11-26-21(28-29)27-20(30)19-6-3-14(32-19)10-31-18-5-2-13(24)8-17(18)25/h1-8,11H,9-10H2,(H,27,28,30). The molecule has 0 spiro atoms. The molecule has 7 nitrogen and oxygen atoms in total. The number of nitrogens with zero attached hydrogens (tertiary/aromatic N) is 3. The van der Waals surface area contributed by atoms with Crippen LogP contribution >= 0.6 is 23.2 Å². The molecule has 2 heterocycles. The summed E-state index contributed by atoms with van der Waals surface area (Å²) < 4.78 is 38.7. The van der Waals surface area contributed by atoms with Crippen molar-refractivity contribution in [2.75, 3.05) is 5.32 Å². The van der Waals surface area contributed by atoms with E-state index in [9.17, 15) is 13.6 Å². The first-order valence-corrected chi connectivity index (χ1v) is 9.94. The number of carbonyl (C=O) groups is 1. The van der Waals surface area contributed by atoms with Crippen molar-refractivity contribution in [2.45, 2.75) is 13.2 Å². The summed E-state index contributed by atoms with van der Waals surface area (Å²) in [4.78, 5) is 16.4. The normalized spacial score (nSPS) is 10.9. The summed E-state index contributed by atoms with van der Waals surface area (Å²) in [5.41, 5.74) is 0.857. The van der Waals surface area contributed by atoms with Crippen LogP contribution in [-0.2, 0) is 13.2 Å². The van der Waals surface area contributed by atoms with Gasteiger partial charge in [-0.15, -0.1) is 5.10 Å². The van der Waals surface area contributed by atoms with Crippen LogP contribution in [0.1, 0.15) is 21.9 Å². The molecule has 0 fully saturated rings. The summed E-state index contributed by atoms with van der Waals surface area (Å²) >= 11 is 11.9. The molecule has 0 saturated heterocycles. The number of halogens is 4. The number of benzene rings is 2. The van der Waals surface area contributed by atoms with E-state index in [1.165, 1.54) is 29.2 Å². The van der Waals surface area contributed by atoms with Crippen LogP contribution in [0.25, 0.3) is 0 Å². The first-order valence-electron chi connectivity index (χ1n) is 9.18. The molecule has 0 aliphatic carbocycles. The molecule has 0 aliphatic heterocycles. The first-order chi connectivity index (χ1) is 15.4. The number of ether oxygens (including phenoxy) is 1. The molecule has 164 valence electrons. The van der Waals surface area contributed by atoms with Crippen LogP contribution in [0.2, 0.25) is 10.0 Å². The van der Waals surface area contributed by atoms with Gasteiger partial charge in [-0.3, -0.25) is 10.1 Å². The van der Waals surface area contributed by atoms with Gasteiger partial charge in [-0.2, -0.15) is 0 Å². The van der Waals surface area contributed by atoms with Crippen molar-refractivity contribution >= 4 is 35.1 Å². The number of hydrogen-bond donors (Lipinski definition) is 1. The molecule has 1 N–H and O–H groups in total. The number of aromatic nitrogens is 3. The van der Waals surface area contributed by atoms with E-state index in [1.54, 1.807) is 18.2 Å². The number of rotatable bonds is 7. The molecule has 0 unspecified atom stereocenters. The Hall–Kier alpha value is -3.43. The summed E-state index contributed by atoms with van der Waals surface area (Å²) in [6, 6.07) is 11.1. The number of amides is 1. The van der Waals surface area contributed by atoms with E-state index >= 15 is 0 Å². The van der Waals surface area contributed by atoms with Gasteiger partial charge in [-0.05, 0) is 42.0 Å². The van der Waals surface area contributed by atoms with E-state index in [4.69, 9.17) is 32.4 Å². The van der Waals surface area contributed by atoms with Gasteiger partial charge in [0.1, 0.15) is 24.5 Å². The van der Waals surface area contributed by atoms with Gasteiger partial charge in [0.15, 0.2) is 17.3 Å². The molecule has 1 amide bonds. The summed E-state index contributed by atoms with van der Waals surface area (Å²) in [6.45, 7) is 0.230. The fourth-order valence-corrected chi connectivity index (χ4v) is 3.06. The zero-order chi connectivity index (χ0) is 22.7. The SMILES string of the molecule is O=C(Nc1ncn(Cc2ccc(Cl)c(Cl)c2)n1)c1ccc(COc2ccc(F)cc2F)o1. The Morgan fingerprint density at radius 1 is 1.09 bits per heavy atom. The van der Waals surface area contributed by atoms with Crippen molar-refractivity contribution in [1.29, 1.82) is 0 Å². The van der Waals surface area contributed by atoms with E-state index in [2.05, 4.69) is 15.4 Å². The van der Waals surface area contributed by atoms with Gasteiger partial charge in [0.2, 0.25) is 5.95 Å². The zero-order valence-electron chi connectivity index (χ0n) is 16.2. The lowest BCUT2D eigenvalue weighted by Gasteiger charge is -2.05. The molecule has 2 aromatic carbocycles. The van der Waals surface area contributed by atoms with Crippen LogP contribution in [0.4, 0.5) is 14.7 Å². The largest absolute Gasteiger partial charge is 0.483 e. The van der Waals surface area contributed by atoms with E-state index in [0.717, 1.165) is 11.6 Å². The molecule has 4 aromatic rings. The monoisotopic (exact) mass is 478 g/mol. The maximum absolute atomic E-state index is 13.6. The van der Waals surface area contributed by atoms with E-state index in [-0.39, 0.29) is 29.8 Å². The van der Waals surface area contributed by atoms with Crippen molar-refractivity contribution in [1.82, 2.24) is 14.8 Å². The molecule has 0 atom stereocenters. The predicted octanol–water partition coefficient (Wildman–Crippen LogP) is 5.34. The molecular weight excluding hydrogens is 465 g/mol. The molecule has 0 saturated carbocycles. The fourth-order valence-electron chi connectivity index (χ4n) is 2.73. The van der Waals surface area contributed by atoms with Gasteiger partial charge in [-0.25, -0.2) is 18.4 Å². The average molecular weight is 479 g/mol. The third-order valence-corrected chi connectivity index (χ3v) is 4.98. The predicted molar refractivity (Wildman–Crippen MR) is 113 cm³/mol. The van der Waals surface area contributed by atoms with Crippen molar-refractivity contribution in [2.24, 2.45) is 0 Å². The molecule has 11 heteroatoms. The van der Waals surface area contributed by atoms with Crippen LogP contribution in [0, 0.1) is 11.6 Å². The molecule has 2 aromatic heterocycles. The van der Waals surface area contributed by atoms with Crippen LogP contribution in [0.3, 0.4) is 0 Å². The van der Waals surface area contributed by atoms with Crippen molar-refractivity contribution in [3.63, 3.8) is 0 Å². The van der Waals surface area contributed by atoms with Crippen LogP contribution in [0.15, 0.2) is 59.3 Å². The summed E-state index contributed by atoms with van der Waals surface area (Å²) in [5, 5.41) is 7.58. The molecule has 0 bridgehead atoms. The number of furan rings is 1. The molecule has 4 rings (SSSR count). The maximum atomic E-state index is 13.6. The highest BCUT2D eigenvalue weighted by Gasteiger charge is 2.15. The minimum Gasteiger partial charge on any atom is -0.483 e. The summed E-state index contributed by atoms with van der Waals surface area (Å²) in [6.07, 6.45) is 1.46. The second kappa shape index (κ2) is 9.37. The second-order valence-electron chi connectivity index (χ2n) is 6.60. The Balaban J connectivity index is 1.34. The smallest absolute Gasteiger partial charge is 0.293 e. The summed E-state index contributed by atoms with van der Waals surface area (Å²) in [7, 11) is 0. The lowest BCUT2D eigenvalue weighted by Crippen LogP contribution is -2.12. The van der Waals surface area contributed by atoms with Gasteiger partial charge in [0.25, 0.3) is 5.91 Å². The number of carbonyl (C=O) groups excluding carboxylic acids is 1. The Labute approximate surface area is 190 Å². The van der Waals surface area contributed by atoms with Crippen LogP contribution < -0.4 is 10.1 Å². The molecule has 0 aliphatic rings. The van der Waals surface area contributed by atoms with Crippen molar-refractivity contribution in [3.8, 4) is 5.75 Å². The maximum Gasteiger partial charge on any atom is 0.293 e. The van der Waals surface area contributed by atoms with Gasteiger partial charge >= 0.3 is 0 Å². The van der Waals surface area contributed by atoms with Crippen molar-refractivity contribution in [3.05, 3.63) is 93.6 Å². The Morgan fingerprint density at radius 2 is 1.94 bits per heavy atom. The van der Waals surface area contributed by atoms with Crippen LogP contribution in [0.5, 0.6) is 5.75 Å². The third-order valence-electron chi connectivity index (χ3n) is 4.24. The van der Waals surface area contributed by atoms with Gasteiger partial charge in [0, 0.05) is 6.07 Å². The Bertz CT molecular complexity index is 1280. The van der Waals surface area contributed by atoms with Crippen LogP contribution in [-0.4, -0.2) is 20.7 Å². The topological polar surface area (TPSA) is 82.2 Å². The number of nitrogens with one attached hydrogen (secondary N) is 1. The minimum absolute atomic E-state index is 0.0102. The van der Waals surface area contributed by atoms with Gasteiger partial charge in [0.05, 0.1) is 16.6 Å².